The molecule has 0 bridgehead atoms. The van der Waals surface area contributed by atoms with Gasteiger partial charge in [0.2, 0.25) is 5.88 Å². The first-order chi connectivity index (χ1) is 12.6. The van der Waals surface area contributed by atoms with Gasteiger partial charge in [0.15, 0.2) is 11.5 Å². The topological polar surface area (TPSA) is 72.5 Å². The monoisotopic (exact) mass is 369 g/mol. The number of carbonyl (C=O) groups excluding carboxylic acids is 1. The lowest BCUT2D eigenvalue weighted by molar-refractivity contribution is 0.262. The molecule has 7 heteroatoms. The average Bonchev–Trinajstić information content (AvgIpc) is 2.64. The minimum Gasteiger partial charge on any atom is -0.493 e. The van der Waals surface area contributed by atoms with Crippen LogP contribution in [0.2, 0.25) is 5.02 Å². The lowest BCUT2D eigenvalue weighted by Crippen LogP contribution is -2.19. The minimum absolute atomic E-state index is 0.385. The first-order valence-electron chi connectivity index (χ1n) is 7.74. The zero-order valence-corrected chi connectivity index (χ0v) is 14.7. The summed E-state index contributed by atoms with van der Waals surface area (Å²) in [5, 5.41) is 5.92. The van der Waals surface area contributed by atoms with Gasteiger partial charge in [-0.15, -0.1) is 0 Å². The fourth-order valence-corrected chi connectivity index (χ4v) is 2.38. The number of ether oxygens (including phenoxy) is 2. The molecule has 0 saturated carbocycles. The number of hydrogen-bond acceptors (Lipinski definition) is 4. The molecule has 26 heavy (non-hydrogen) atoms. The van der Waals surface area contributed by atoms with E-state index in [1.807, 2.05) is 12.1 Å². The standard InChI is InChI=1S/C19H16ClN3O3/c1-25-16-7-2-3-8-17(16)26-18-10-9-15(12-21-18)23-19(24)22-14-6-4-5-13(20)11-14/h2-12H,1H3,(H2,22,23,24). The number of halogens is 1. The van der Waals surface area contributed by atoms with Crippen molar-refractivity contribution in [3.63, 3.8) is 0 Å². The van der Waals surface area contributed by atoms with Crippen molar-refractivity contribution >= 4 is 29.0 Å². The molecule has 0 aliphatic heterocycles. The first-order valence-corrected chi connectivity index (χ1v) is 8.12. The van der Waals surface area contributed by atoms with Gasteiger partial charge in [-0.25, -0.2) is 9.78 Å². The van der Waals surface area contributed by atoms with E-state index < -0.39 is 6.03 Å². The number of methoxy groups -OCH3 is 1. The van der Waals surface area contributed by atoms with Crippen LogP contribution in [-0.4, -0.2) is 18.1 Å². The summed E-state index contributed by atoms with van der Waals surface area (Å²) >= 11 is 5.89. The van der Waals surface area contributed by atoms with Gasteiger partial charge in [-0.3, -0.25) is 0 Å². The van der Waals surface area contributed by atoms with Crippen molar-refractivity contribution in [1.29, 1.82) is 0 Å². The van der Waals surface area contributed by atoms with Crippen LogP contribution in [0.25, 0.3) is 0 Å². The molecule has 3 aromatic rings. The third-order valence-electron chi connectivity index (χ3n) is 3.36. The van der Waals surface area contributed by atoms with Crippen molar-refractivity contribution in [3.05, 3.63) is 71.9 Å². The molecular weight excluding hydrogens is 354 g/mol. The summed E-state index contributed by atoms with van der Waals surface area (Å²) in [6.07, 6.45) is 1.50. The van der Waals surface area contributed by atoms with Crippen molar-refractivity contribution in [2.75, 3.05) is 17.7 Å². The van der Waals surface area contributed by atoms with Crippen LogP contribution in [0.15, 0.2) is 66.9 Å². The molecule has 132 valence electrons. The molecule has 0 aliphatic carbocycles. The Kier molecular flexibility index (Phi) is 5.56. The molecule has 2 N–H and O–H groups in total. The Hall–Kier alpha value is -3.25. The number of amides is 2. The van der Waals surface area contributed by atoms with Crippen LogP contribution < -0.4 is 20.1 Å². The van der Waals surface area contributed by atoms with Crippen molar-refractivity contribution in [3.8, 4) is 17.4 Å². The number of urea groups is 1. The lowest BCUT2D eigenvalue weighted by atomic mass is 10.3. The van der Waals surface area contributed by atoms with Gasteiger partial charge in [-0.1, -0.05) is 29.8 Å². The highest BCUT2D eigenvalue weighted by atomic mass is 35.5. The maximum absolute atomic E-state index is 12.0. The molecule has 0 atom stereocenters. The van der Waals surface area contributed by atoms with E-state index in [-0.39, 0.29) is 0 Å². The number of hydrogen-bond donors (Lipinski definition) is 2. The van der Waals surface area contributed by atoms with Gasteiger partial charge in [0.1, 0.15) is 0 Å². The van der Waals surface area contributed by atoms with E-state index in [2.05, 4.69) is 15.6 Å². The van der Waals surface area contributed by atoms with Crippen molar-refractivity contribution in [2.24, 2.45) is 0 Å². The van der Waals surface area contributed by atoms with Crippen LogP contribution in [0.3, 0.4) is 0 Å². The van der Waals surface area contributed by atoms with Gasteiger partial charge in [-0.2, -0.15) is 0 Å². The van der Waals surface area contributed by atoms with Crippen molar-refractivity contribution in [1.82, 2.24) is 4.98 Å². The van der Waals surface area contributed by atoms with Crippen LogP contribution >= 0.6 is 11.6 Å². The van der Waals surface area contributed by atoms with E-state index in [4.69, 9.17) is 21.1 Å². The molecule has 3 rings (SSSR count). The number of para-hydroxylation sites is 2. The molecule has 2 aromatic carbocycles. The lowest BCUT2D eigenvalue weighted by Gasteiger charge is -2.10. The van der Waals surface area contributed by atoms with Crippen molar-refractivity contribution < 1.29 is 14.3 Å². The van der Waals surface area contributed by atoms with Crippen LogP contribution in [0.5, 0.6) is 17.4 Å². The van der Waals surface area contributed by atoms with Crippen LogP contribution in [0, 0.1) is 0 Å². The second kappa shape index (κ2) is 8.22. The largest absolute Gasteiger partial charge is 0.493 e. The third kappa shape index (κ3) is 4.64. The summed E-state index contributed by atoms with van der Waals surface area (Å²) in [5.74, 6) is 1.55. The number of nitrogens with one attached hydrogen (secondary N) is 2. The highest BCUT2D eigenvalue weighted by Crippen LogP contribution is 2.30. The van der Waals surface area contributed by atoms with E-state index in [1.165, 1.54) is 6.20 Å². The fraction of sp³-hybridized carbons (Fsp3) is 0.0526. The molecule has 2 amide bonds. The van der Waals surface area contributed by atoms with Gasteiger partial charge in [-0.05, 0) is 36.4 Å². The molecule has 0 aliphatic rings. The highest BCUT2D eigenvalue weighted by molar-refractivity contribution is 6.30. The predicted octanol–water partition coefficient (Wildman–Crippen LogP) is 5.18. The minimum atomic E-state index is -0.396. The summed E-state index contributed by atoms with van der Waals surface area (Å²) in [6.45, 7) is 0. The Labute approximate surface area is 155 Å². The SMILES string of the molecule is COc1ccccc1Oc1ccc(NC(=O)Nc2cccc(Cl)c2)cn1. The molecule has 0 fully saturated rings. The zero-order valence-electron chi connectivity index (χ0n) is 13.9. The molecule has 1 aromatic heterocycles. The number of benzene rings is 2. The van der Waals surface area contributed by atoms with Crippen molar-refractivity contribution in [2.45, 2.75) is 0 Å². The van der Waals surface area contributed by atoms with E-state index >= 15 is 0 Å². The zero-order chi connectivity index (χ0) is 18.4. The normalized spacial score (nSPS) is 10.1. The number of anilines is 2. The summed E-state index contributed by atoms with van der Waals surface area (Å²) in [7, 11) is 1.57. The van der Waals surface area contributed by atoms with Gasteiger partial charge in [0.05, 0.1) is 19.0 Å². The smallest absolute Gasteiger partial charge is 0.323 e. The second-order valence-corrected chi connectivity index (χ2v) is 5.66. The van der Waals surface area contributed by atoms with E-state index in [0.717, 1.165) is 0 Å². The Morgan fingerprint density at radius 3 is 2.42 bits per heavy atom. The molecule has 0 spiro atoms. The van der Waals surface area contributed by atoms with E-state index in [0.29, 0.717) is 33.8 Å². The molecule has 0 unspecified atom stereocenters. The summed E-state index contributed by atoms with van der Waals surface area (Å²) in [4.78, 5) is 16.2. The predicted molar refractivity (Wildman–Crippen MR) is 101 cm³/mol. The molecule has 0 radical (unpaired) electrons. The maximum atomic E-state index is 12.0. The first kappa shape index (κ1) is 17.6. The Morgan fingerprint density at radius 2 is 1.73 bits per heavy atom. The maximum Gasteiger partial charge on any atom is 0.323 e. The number of pyridine rings is 1. The number of nitrogens with zero attached hydrogens (tertiary/aromatic N) is 1. The molecule has 6 nitrogen and oxygen atoms in total. The third-order valence-corrected chi connectivity index (χ3v) is 3.60. The Bertz CT molecular complexity index is 901. The van der Waals surface area contributed by atoms with Crippen LogP contribution in [-0.2, 0) is 0 Å². The quantitative estimate of drug-likeness (QED) is 0.650. The molecule has 0 saturated heterocycles. The molecular formula is C19H16ClN3O3. The van der Waals surface area contributed by atoms with E-state index in [1.54, 1.807) is 55.6 Å². The molecule has 1 heterocycles. The number of rotatable bonds is 5. The van der Waals surface area contributed by atoms with Gasteiger partial charge in [0.25, 0.3) is 0 Å². The number of carbonyl (C=O) groups is 1. The summed E-state index contributed by atoms with van der Waals surface area (Å²) in [5.41, 5.74) is 1.12. The average molecular weight is 370 g/mol. The summed E-state index contributed by atoms with van der Waals surface area (Å²) in [6, 6.07) is 17.1. The summed E-state index contributed by atoms with van der Waals surface area (Å²) < 4.78 is 10.9. The highest BCUT2D eigenvalue weighted by Gasteiger charge is 2.07. The Morgan fingerprint density at radius 1 is 0.962 bits per heavy atom. The van der Waals surface area contributed by atoms with Crippen LogP contribution in [0.4, 0.5) is 16.2 Å². The number of aromatic nitrogens is 1. The van der Waals surface area contributed by atoms with E-state index in [9.17, 15) is 4.79 Å². The Balaban J connectivity index is 1.61. The second-order valence-electron chi connectivity index (χ2n) is 5.23. The van der Waals surface area contributed by atoms with Gasteiger partial charge < -0.3 is 20.1 Å². The van der Waals surface area contributed by atoms with Crippen LogP contribution in [0.1, 0.15) is 0 Å². The van der Waals surface area contributed by atoms with Gasteiger partial charge >= 0.3 is 6.03 Å². The van der Waals surface area contributed by atoms with Gasteiger partial charge in [0, 0.05) is 16.8 Å². The fourth-order valence-electron chi connectivity index (χ4n) is 2.19.